The Bertz CT molecular complexity index is 1100. The SMILES string of the molecule is COc1ccc(NS(=O)(=O)c2ccc(/C(C)=N\Nc3ccc(Cl)cc3)cc2)cc1. The molecule has 0 radical (unpaired) electrons. The van der Waals surface area contributed by atoms with Crippen LogP contribution in [0.5, 0.6) is 5.75 Å². The highest BCUT2D eigenvalue weighted by Crippen LogP contribution is 2.20. The molecule has 0 bridgehead atoms. The predicted molar refractivity (Wildman–Crippen MR) is 118 cm³/mol. The first-order chi connectivity index (χ1) is 13.9. The minimum absolute atomic E-state index is 0.163. The Kier molecular flexibility index (Phi) is 6.41. The molecule has 0 aliphatic carbocycles. The second-order valence-corrected chi connectivity index (χ2v) is 8.29. The van der Waals surface area contributed by atoms with E-state index in [1.807, 2.05) is 19.1 Å². The Labute approximate surface area is 175 Å². The quantitative estimate of drug-likeness (QED) is 0.409. The molecule has 3 rings (SSSR count). The lowest BCUT2D eigenvalue weighted by Crippen LogP contribution is -2.13. The molecule has 0 heterocycles. The van der Waals surface area contributed by atoms with Gasteiger partial charge in [-0.25, -0.2) is 8.42 Å². The molecule has 0 amide bonds. The molecule has 6 nitrogen and oxygen atoms in total. The fraction of sp³-hybridized carbons (Fsp3) is 0.0952. The molecule has 2 N–H and O–H groups in total. The van der Waals surface area contributed by atoms with E-state index in [2.05, 4.69) is 15.2 Å². The average molecular weight is 430 g/mol. The molecule has 3 aromatic carbocycles. The van der Waals surface area contributed by atoms with Crippen LogP contribution in [0, 0.1) is 0 Å². The fourth-order valence-electron chi connectivity index (χ4n) is 2.49. The molecule has 0 saturated carbocycles. The molecular weight excluding hydrogens is 410 g/mol. The van der Waals surface area contributed by atoms with Crippen molar-refractivity contribution >= 4 is 38.7 Å². The van der Waals surface area contributed by atoms with Gasteiger partial charge in [0, 0.05) is 10.7 Å². The molecule has 8 heteroatoms. The third kappa shape index (κ3) is 5.49. The molecule has 0 aliphatic heterocycles. The third-order valence-electron chi connectivity index (χ3n) is 4.12. The highest BCUT2D eigenvalue weighted by Gasteiger charge is 2.14. The van der Waals surface area contributed by atoms with E-state index in [1.165, 1.54) is 0 Å². The van der Waals surface area contributed by atoms with Gasteiger partial charge >= 0.3 is 0 Å². The van der Waals surface area contributed by atoms with Crippen LogP contribution in [0.3, 0.4) is 0 Å². The number of nitrogens with zero attached hydrogens (tertiary/aromatic N) is 1. The monoisotopic (exact) mass is 429 g/mol. The van der Waals surface area contributed by atoms with Gasteiger partial charge in [0.05, 0.1) is 23.4 Å². The molecule has 0 fully saturated rings. The summed E-state index contributed by atoms with van der Waals surface area (Å²) in [6, 6.07) is 20.4. The maximum Gasteiger partial charge on any atom is 0.261 e. The highest BCUT2D eigenvalue weighted by atomic mass is 35.5. The molecular formula is C21H20ClN3O3S. The first kappa shape index (κ1) is 20.7. The lowest BCUT2D eigenvalue weighted by atomic mass is 10.1. The van der Waals surface area contributed by atoms with Crippen molar-refractivity contribution in [3.8, 4) is 5.75 Å². The number of halogens is 1. The number of methoxy groups -OCH3 is 1. The number of hydrazone groups is 1. The van der Waals surface area contributed by atoms with Gasteiger partial charge in [0.15, 0.2) is 0 Å². The lowest BCUT2D eigenvalue weighted by molar-refractivity contribution is 0.415. The first-order valence-electron chi connectivity index (χ1n) is 8.70. The summed E-state index contributed by atoms with van der Waals surface area (Å²) in [5.74, 6) is 0.652. The van der Waals surface area contributed by atoms with Gasteiger partial charge in [0.25, 0.3) is 10.0 Å². The maximum absolute atomic E-state index is 12.6. The van der Waals surface area contributed by atoms with Crippen molar-refractivity contribution in [2.45, 2.75) is 11.8 Å². The van der Waals surface area contributed by atoms with E-state index in [4.69, 9.17) is 16.3 Å². The van der Waals surface area contributed by atoms with Gasteiger partial charge in [-0.3, -0.25) is 10.1 Å². The smallest absolute Gasteiger partial charge is 0.261 e. The lowest BCUT2D eigenvalue weighted by Gasteiger charge is -2.10. The van der Waals surface area contributed by atoms with Gasteiger partial charge in [0.2, 0.25) is 0 Å². The number of nitrogens with one attached hydrogen (secondary N) is 2. The molecule has 0 unspecified atom stereocenters. The van der Waals surface area contributed by atoms with Crippen LogP contribution in [0.2, 0.25) is 5.02 Å². The Morgan fingerprint density at radius 2 is 1.48 bits per heavy atom. The zero-order valence-electron chi connectivity index (χ0n) is 15.9. The number of rotatable bonds is 7. The minimum atomic E-state index is -3.69. The number of hydrogen-bond donors (Lipinski definition) is 2. The van der Waals surface area contributed by atoms with Crippen molar-refractivity contribution in [1.82, 2.24) is 0 Å². The average Bonchev–Trinajstić information content (AvgIpc) is 2.73. The van der Waals surface area contributed by atoms with Crippen molar-refractivity contribution in [1.29, 1.82) is 0 Å². The Balaban J connectivity index is 1.70. The summed E-state index contributed by atoms with van der Waals surface area (Å²) in [6.45, 7) is 1.84. The molecule has 3 aromatic rings. The Morgan fingerprint density at radius 1 is 0.897 bits per heavy atom. The topological polar surface area (TPSA) is 79.8 Å². The van der Waals surface area contributed by atoms with Crippen LogP contribution in [0.15, 0.2) is 82.8 Å². The second-order valence-electron chi connectivity index (χ2n) is 6.17. The zero-order chi connectivity index (χ0) is 20.9. The standard InChI is InChI=1S/C21H20ClN3O3S/c1-15(23-24-18-7-5-17(22)6-8-18)16-3-13-21(14-4-16)29(26,27)25-19-9-11-20(28-2)12-10-19/h3-14,24-25H,1-2H3/b23-15-. The zero-order valence-corrected chi connectivity index (χ0v) is 17.5. The van der Waals surface area contributed by atoms with Gasteiger partial charge in [-0.1, -0.05) is 23.7 Å². The van der Waals surface area contributed by atoms with Crippen LogP contribution in [-0.2, 0) is 10.0 Å². The van der Waals surface area contributed by atoms with E-state index in [-0.39, 0.29) is 4.90 Å². The number of ether oxygens (including phenoxy) is 1. The maximum atomic E-state index is 12.6. The summed E-state index contributed by atoms with van der Waals surface area (Å²) in [5.41, 5.74) is 5.72. The summed E-state index contributed by atoms with van der Waals surface area (Å²) in [5, 5.41) is 4.97. The number of anilines is 2. The van der Waals surface area contributed by atoms with Crippen LogP contribution in [0.4, 0.5) is 11.4 Å². The largest absolute Gasteiger partial charge is 0.497 e. The molecule has 0 aromatic heterocycles. The number of benzene rings is 3. The van der Waals surface area contributed by atoms with Gasteiger partial charge in [0.1, 0.15) is 5.75 Å². The fourth-order valence-corrected chi connectivity index (χ4v) is 3.67. The number of hydrogen-bond acceptors (Lipinski definition) is 5. The van der Waals surface area contributed by atoms with E-state index in [9.17, 15) is 8.42 Å². The van der Waals surface area contributed by atoms with E-state index < -0.39 is 10.0 Å². The Morgan fingerprint density at radius 3 is 2.07 bits per heavy atom. The van der Waals surface area contributed by atoms with Gasteiger partial charge in [-0.2, -0.15) is 5.10 Å². The summed E-state index contributed by atoms with van der Waals surface area (Å²) < 4.78 is 32.8. The minimum Gasteiger partial charge on any atom is -0.497 e. The van der Waals surface area contributed by atoms with Crippen molar-refractivity contribution in [3.05, 3.63) is 83.4 Å². The van der Waals surface area contributed by atoms with Crippen LogP contribution in [-0.4, -0.2) is 21.2 Å². The normalized spacial score (nSPS) is 11.8. The van der Waals surface area contributed by atoms with Gasteiger partial charge < -0.3 is 4.74 Å². The summed E-state index contributed by atoms with van der Waals surface area (Å²) in [6.07, 6.45) is 0. The summed E-state index contributed by atoms with van der Waals surface area (Å²) in [7, 11) is -2.14. The van der Waals surface area contributed by atoms with Crippen LogP contribution in [0.25, 0.3) is 0 Å². The first-order valence-corrected chi connectivity index (χ1v) is 10.6. The van der Waals surface area contributed by atoms with Crippen molar-refractivity contribution in [2.24, 2.45) is 5.10 Å². The van der Waals surface area contributed by atoms with Gasteiger partial charge in [-0.05, 0) is 73.2 Å². The summed E-state index contributed by atoms with van der Waals surface area (Å²) in [4.78, 5) is 0.163. The van der Waals surface area contributed by atoms with Gasteiger partial charge in [-0.15, -0.1) is 0 Å². The van der Waals surface area contributed by atoms with E-state index in [1.54, 1.807) is 67.8 Å². The van der Waals surface area contributed by atoms with Crippen LogP contribution < -0.4 is 14.9 Å². The summed E-state index contributed by atoms with van der Waals surface area (Å²) >= 11 is 5.86. The molecule has 0 spiro atoms. The van der Waals surface area contributed by atoms with Crippen molar-refractivity contribution < 1.29 is 13.2 Å². The van der Waals surface area contributed by atoms with E-state index in [0.717, 1.165) is 11.3 Å². The number of sulfonamides is 1. The second kappa shape index (κ2) is 8.98. The third-order valence-corrected chi connectivity index (χ3v) is 5.77. The Hall–Kier alpha value is -3.03. The molecule has 0 saturated heterocycles. The van der Waals surface area contributed by atoms with Crippen molar-refractivity contribution in [2.75, 3.05) is 17.3 Å². The van der Waals surface area contributed by atoms with E-state index >= 15 is 0 Å². The highest BCUT2D eigenvalue weighted by molar-refractivity contribution is 7.92. The molecule has 0 aliphatic rings. The molecule has 0 atom stereocenters. The predicted octanol–water partition coefficient (Wildman–Crippen LogP) is 4.99. The molecule has 150 valence electrons. The van der Waals surface area contributed by atoms with Crippen LogP contribution >= 0.6 is 11.6 Å². The van der Waals surface area contributed by atoms with Crippen molar-refractivity contribution in [3.63, 3.8) is 0 Å². The van der Waals surface area contributed by atoms with Crippen LogP contribution in [0.1, 0.15) is 12.5 Å². The molecule has 29 heavy (non-hydrogen) atoms. The van der Waals surface area contributed by atoms with E-state index in [0.29, 0.717) is 22.2 Å².